The average molecular weight is 333 g/mol. The Labute approximate surface area is 143 Å². The SMILES string of the molecule is COc1ccc(-c2[nH]ncc2C(=O)Nc2n[nH]c3ccccc23)cc1. The maximum Gasteiger partial charge on any atom is 0.260 e. The predicted octanol–water partition coefficient (Wildman–Crippen LogP) is 3.21. The molecule has 0 saturated heterocycles. The lowest BCUT2D eigenvalue weighted by Crippen LogP contribution is -2.12. The first-order valence-electron chi connectivity index (χ1n) is 7.68. The van der Waals surface area contributed by atoms with E-state index in [9.17, 15) is 4.79 Å². The molecule has 0 aliphatic carbocycles. The van der Waals surface area contributed by atoms with Crippen LogP contribution in [0.2, 0.25) is 0 Å². The zero-order chi connectivity index (χ0) is 17.2. The molecule has 2 aromatic carbocycles. The van der Waals surface area contributed by atoms with Gasteiger partial charge in [-0.25, -0.2) is 0 Å². The number of ether oxygens (including phenoxy) is 1. The minimum absolute atomic E-state index is 0.281. The van der Waals surface area contributed by atoms with Crippen molar-refractivity contribution in [2.75, 3.05) is 12.4 Å². The molecule has 0 bridgehead atoms. The lowest BCUT2D eigenvalue weighted by atomic mass is 10.1. The molecule has 0 radical (unpaired) electrons. The summed E-state index contributed by atoms with van der Waals surface area (Å²) >= 11 is 0. The third kappa shape index (κ3) is 2.72. The van der Waals surface area contributed by atoms with Crippen LogP contribution in [0.1, 0.15) is 10.4 Å². The quantitative estimate of drug-likeness (QED) is 0.534. The molecule has 0 aliphatic rings. The van der Waals surface area contributed by atoms with Crippen LogP contribution in [0.15, 0.2) is 54.7 Å². The van der Waals surface area contributed by atoms with Gasteiger partial charge in [-0.2, -0.15) is 10.2 Å². The zero-order valence-corrected chi connectivity index (χ0v) is 13.4. The van der Waals surface area contributed by atoms with Crippen LogP contribution >= 0.6 is 0 Å². The number of para-hydroxylation sites is 1. The summed E-state index contributed by atoms with van der Waals surface area (Å²) in [6.45, 7) is 0. The first kappa shape index (κ1) is 14.9. The van der Waals surface area contributed by atoms with Crippen LogP contribution in [0.3, 0.4) is 0 Å². The molecule has 0 aliphatic heterocycles. The number of nitrogens with one attached hydrogen (secondary N) is 3. The molecule has 2 aromatic heterocycles. The van der Waals surface area contributed by atoms with Crippen molar-refractivity contribution >= 4 is 22.6 Å². The van der Waals surface area contributed by atoms with Gasteiger partial charge in [-0.1, -0.05) is 12.1 Å². The van der Waals surface area contributed by atoms with Crippen LogP contribution < -0.4 is 10.1 Å². The number of anilines is 1. The summed E-state index contributed by atoms with van der Waals surface area (Å²) in [5.41, 5.74) is 2.79. The van der Waals surface area contributed by atoms with Crippen molar-refractivity contribution in [3.8, 4) is 17.0 Å². The van der Waals surface area contributed by atoms with E-state index in [1.807, 2.05) is 48.5 Å². The van der Waals surface area contributed by atoms with Crippen LogP contribution in [0.5, 0.6) is 5.75 Å². The third-order valence-corrected chi connectivity index (χ3v) is 3.96. The van der Waals surface area contributed by atoms with Gasteiger partial charge in [0.2, 0.25) is 0 Å². The molecule has 7 nitrogen and oxygen atoms in total. The van der Waals surface area contributed by atoms with Gasteiger partial charge in [0.1, 0.15) is 5.75 Å². The normalized spacial score (nSPS) is 10.8. The fraction of sp³-hybridized carbons (Fsp3) is 0.0556. The van der Waals surface area contributed by atoms with Crippen LogP contribution in [0.4, 0.5) is 5.82 Å². The standard InChI is InChI=1S/C18H15N5O2/c1-25-12-8-6-11(7-9-12)16-14(10-19-22-16)18(24)20-17-13-4-2-3-5-15(13)21-23-17/h2-10H,1H3,(H,19,22)(H2,20,21,23,24). The first-order chi connectivity index (χ1) is 12.3. The Hall–Kier alpha value is -3.61. The number of aromatic nitrogens is 4. The molecular formula is C18H15N5O2. The van der Waals surface area contributed by atoms with Crippen molar-refractivity contribution in [3.05, 3.63) is 60.3 Å². The molecule has 25 heavy (non-hydrogen) atoms. The van der Waals surface area contributed by atoms with Gasteiger partial charge in [-0.3, -0.25) is 15.0 Å². The van der Waals surface area contributed by atoms with E-state index in [0.717, 1.165) is 22.2 Å². The number of methoxy groups -OCH3 is 1. The van der Waals surface area contributed by atoms with Gasteiger partial charge in [0, 0.05) is 10.9 Å². The zero-order valence-electron chi connectivity index (χ0n) is 13.4. The maximum absolute atomic E-state index is 12.7. The van der Waals surface area contributed by atoms with Gasteiger partial charge in [0.15, 0.2) is 5.82 Å². The third-order valence-electron chi connectivity index (χ3n) is 3.96. The predicted molar refractivity (Wildman–Crippen MR) is 94.6 cm³/mol. The molecule has 4 rings (SSSR count). The number of H-pyrrole nitrogens is 2. The molecule has 0 atom stereocenters. The molecule has 0 unspecified atom stereocenters. The second kappa shape index (κ2) is 6.12. The highest BCUT2D eigenvalue weighted by Gasteiger charge is 2.17. The first-order valence-corrected chi connectivity index (χ1v) is 7.68. The molecule has 124 valence electrons. The fourth-order valence-corrected chi connectivity index (χ4v) is 2.67. The topological polar surface area (TPSA) is 95.7 Å². The molecule has 0 spiro atoms. The van der Waals surface area contributed by atoms with Crippen LogP contribution in [-0.2, 0) is 0 Å². The molecule has 4 aromatic rings. The maximum atomic E-state index is 12.7. The number of rotatable bonds is 4. The highest BCUT2D eigenvalue weighted by Crippen LogP contribution is 2.25. The van der Waals surface area contributed by atoms with Gasteiger partial charge in [-0.15, -0.1) is 0 Å². The van der Waals surface area contributed by atoms with Gasteiger partial charge < -0.3 is 10.1 Å². The molecule has 1 amide bonds. The summed E-state index contributed by atoms with van der Waals surface area (Å²) in [5.74, 6) is 0.955. The van der Waals surface area contributed by atoms with Crippen molar-refractivity contribution in [1.82, 2.24) is 20.4 Å². The number of hydrogen-bond donors (Lipinski definition) is 3. The minimum atomic E-state index is -0.281. The molecule has 0 fully saturated rings. The van der Waals surface area contributed by atoms with E-state index in [1.54, 1.807) is 7.11 Å². The Bertz CT molecular complexity index is 1030. The number of carbonyl (C=O) groups excluding carboxylic acids is 1. The summed E-state index contributed by atoms with van der Waals surface area (Å²) in [5, 5.41) is 17.6. The van der Waals surface area contributed by atoms with E-state index in [0.29, 0.717) is 17.1 Å². The Morgan fingerprint density at radius 2 is 1.88 bits per heavy atom. The number of carbonyl (C=O) groups is 1. The average Bonchev–Trinajstić information content (AvgIpc) is 3.29. The van der Waals surface area contributed by atoms with E-state index < -0.39 is 0 Å². The largest absolute Gasteiger partial charge is 0.497 e. The van der Waals surface area contributed by atoms with Gasteiger partial charge >= 0.3 is 0 Å². The van der Waals surface area contributed by atoms with Crippen molar-refractivity contribution in [2.24, 2.45) is 0 Å². The number of hydrogen-bond acceptors (Lipinski definition) is 4. The highest BCUT2D eigenvalue weighted by atomic mass is 16.5. The Morgan fingerprint density at radius 3 is 2.68 bits per heavy atom. The summed E-state index contributed by atoms with van der Waals surface area (Å²) < 4.78 is 5.16. The van der Waals surface area contributed by atoms with E-state index >= 15 is 0 Å². The van der Waals surface area contributed by atoms with Crippen molar-refractivity contribution in [3.63, 3.8) is 0 Å². The minimum Gasteiger partial charge on any atom is -0.497 e. The van der Waals surface area contributed by atoms with E-state index in [1.165, 1.54) is 6.20 Å². The number of nitrogens with zero attached hydrogens (tertiary/aromatic N) is 2. The monoisotopic (exact) mass is 333 g/mol. The lowest BCUT2D eigenvalue weighted by Gasteiger charge is -2.05. The number of amides is 1. The number of fused-ring (bicyclic) bond motifs is 1. The number of aromatic amines is 2. The Balaban J connectivity index is 1.64. The van der Waals surface area contributed by atoms with Crippen molar-refractivity contribution in [1.29, 1.82) is 0 Å². The molecule has 2 heterocycles. The number of benzene rings is 2. The van der Waals surface area contributed by atoms with Crippen molar-refractivity contribution in [2.45, 2.75) is 0 Å². The molecule has 7 heteroatoms. The summed E-state index contributed by atoms with van der Waals surface area (Å²) in [7, 11) is 1.61. The second-order valence-corrected chi connectivity index (χ2v) is 5.46. The molecular weight excluding hydrogens is 318 g/mol. The van der Waals surface area contributed by atoms with Gasteiger partial charge in [-0.05, 0) is 36.4 Å². The summed E-state index contributed by atoms with van der Waals surface area (Å²) in [4.78, 5) is 12.7. The van der Waals surface area contributed by atoms with E-state index in [4.69, 9.17) is 4.74 Å². The summed E-state index contributed by atoms with van der Waals surface area (Å²) in [6.07, 6.45) is 1.50. The highest BCUT2D eigenvalue weighted by molar-refractivity contribution is 6.10. The smallest absolute Gasteiger partial charge is 0.260 e. The Morgan fingerprint density at radius 1 is 1.08 bits per heavy atom. The Kier molecular flexibility index (Phi) is 3.66. The fourth-order valence-electron chi connectivity index (χ4n) is 2.67. The summed E-state index contributed by atoms with van der Waals surface area (Å²) in [6, 6.07) is 15.0. The lowest BCUT2D eigenvalue weighted by molar-refractivity contribution is 0.102. The van der Waals surface area contributed by atoms with Gasteiger partial charge in [0.25, 0.3) is 5.91 Å². The molecule has 0 saturated carbocycles. The van der Waals surface area contributed by atoms with E-state index in [-0.39, 0.29) is 5.91 Å². The van der Waals surface area contributed by atoms with Crippen LogP contribution in [0.25, 0.3) is 22.2 Å². The van der Waals surface area contributed by atoms with Crippen molar-refractivity contribution < 1.29 is 9.53 Å². The molecule has 3 N–H and O–H groups in total. The van der Waals surface area contributed by atoms with Gasteiger partial charge in [0.05, 0.1) is 30.1 Å². The van der Waals surface area contributed by atoms with Crippen LogP contribution in [0, 0.1) is 0 Å². The second-order valence-electron chi connectivity index (χ2n) is 5.46. The van der Waals surface area contributed by atoms with E-state index in [2.05, 4.69) is 25.7 Å². The van der Waals surface area contributed by atoms with Crippen LogP contribution in [-0.4, -0.2) is 33.4 Å².